The topological polar surface area (TPSA) is 51.7 Å². The number of alkyl halides is 2. The van der Waals surface area contributed by atoms with Crippen LogP contribution in [0.3, 0.4) is 0 Å². The Bertz CT molecular complexity index is 1050. The second-order valence-corrected chi connectivity index (χ2v) is 7.89. The lowest BCUT2D eigenvalue weighted by molar-refractivity contribution is -0.126. The lowest BCUT2D eigenvalue weighted by Crippen LogP contribution is -2.28. The Hall–Kier alpha value is -3.00. The molecule has 8 heteroatoms. The van der Waals surface area contributed by atoms with E-state index >= 15 is 0 Å². The quantitative estimate of drug-likeness (QED) is 0.499. The molecule has 3 aromatic rings. The van der Waals surface area contributed by atoms with Gasteiger partial charge in [0.1, 0.15) is 5.01 Å². The summed E-state index contributed by atoms with van der Waals surface area (Å²) in [5, 5.41) is 0.950. The van der Waals surface area contributed by atoms with Crippen LogP contribution < -0.4 is 9.47 Å². The number of carbonyl (C=O) groups is 1. The molecule has 4 rings (SSSR count). The zero-order valence-electron chi connectivity index (χ0n) is 16.3. The fraction of sp³-hybridized carbons (Fsp3) is 0.273. The molecule has 5 nitrogen and oxygen atoms in total. The lowest BCUT2D eigenvalue weighted by Gasteiger charge is -2.21. The van der Waals surface area contributed by atoms with Crippen LogP contribution in [0.15, 0.2) is 48.5 Å². The number of fused-ring (bicyclic) bond motifs is 1. The van der Waals surface area contributed by atoms with Crippen molar-refractivity contribution < 1.29 is 23.0 Å². The molecule has 0 N–H and O–H groups in total. The number of hydrogen-bond donors (Lipinski definition) is 0. The fourth-order valence-electron chi connectivity index (χ4n) is 3.56. The highest BCUT2D eigenvalue weighted by atomic mass is 32.1. The zero-order valence-corrected chi connectivity index (χ0v) is 17.1. The van der Waals surface area contributed by atoms with E-state index in [1.165, 1.54) is 19.3 Å². The van der Waals surface area contributed by atoms with Crippen LogP contribution in [0.2, 0.25) is 0 Å². The van der Waals surface area contributed by atoms with E-state index in [0.29, 0.717) is 12.1 Å². The van der Waals surface area contributed by atoms with Gasteiger partial charge in [0, 0.05) is 12.6 Å². The third-order valence-electron chi connectivity index (χ3n) is 4.95. The van der Waals surface area contributed by atoms with E-state index in [0.717, 1.165) is 28.1 Å². The normalized spacial score (nSPS) is 16.7. The van der Waals surface area contributed by atoms with Crippen LogP contribution in [0.4, 0.5) is 8.78 Å². The van der Waals surface area contributed by atoms with Gasteiger partial charge in [0.15, 0.2) is 11.5 Å². The van der Waals surface area contributed by atoms with E-state index in [4.69, 9.17) is 9.72 Å². The standard InChI is InChI=1S/C22H20F2N2O3S/c1-28-18-13-14(8-10-17(18)29-22(23)24)9-11-20(27)26-12-4-6-16(26)21-25-15-5-2-3-7-19(15)30-21/h2-3,5,7-11,13,16,22H,4,6,12H2,1H3/b11-9+. The first kappa shape index (κ1) is 20.3. The predicted octanol–water partition coefficient (Wildman–Crippen LogP) is 5.28. The van der Waals surface area contributed by atoms with Crippen LogP contribution in [0, 0.1) is 0 Å². The average molecular weight is 430 g/mol. The Morgan fingerprint density at radius 2 is 2.10 bits per heavy atom. The van der Waals surface area contributed by atoms with Gasteiger partial charge in [0.25, 0.3) is 0 Å². The summed E-state index contributed by atoms with van der Waals surface area (Å²) >= 11 is 1.62. The van der Waals surface area contributed by atoms with Crippen molar-refractivity contribution in [2.75, 3.05) is 13.7 Å². The molecule has 1 aliphatic rings. The molecule has 0 aliphatic carbocycles. The molecular weight excluding hydrogens is 410 g/mol. The second-order valence-electron chi connectivity index (χ2n) is 6.83. The zero-order chi connectivity index (χ0) is 21.1. The second kappa shape index (κ2) is 8.79. The van der Waals surface area contributed by atoms with Crippen LogP contribution >= 0.6 is 11.3 Å². The number of rotatable bonds is 6. The van der Waals surface area contributed by atoms with Crippen molar-refractivity contribution in [2.24, 2.45) is 0 Å². The summed E-state index contributed by atoms with van der Waals surface area (Å²) < 4.78 is 35.6. The van der Waals surface area contributed by atoms with Gasteiger partial charge < -0.3 is 14.4 Å². The van der Waals surface area contributed by atoms with E-state index in [9.17, 15) is 13.6 Å². The van der Waals surface area contributed by atoms with Crippen LogP contribution in [0.25, 0.3) is 16.3 Å². The number of carbonyl (C=O) groups excluding carboxylic acids is 1. The van der Waals surface area contributed by atoms with Crippen molar-refractivity contribution >= 4 is 33.5 Å². The molecule has 0 radical (unpaired) electrons. The largest absolute Gasteiger partial charge is 0.493 e. The first-order chi connectivity index (χ1) is 14.5. The minimum Gasteiger partial charge on any atom is -0.493 e. The third kappa shape index (κ3) is 4.28. The highest BCUT2D eigenvalue weighted by Gasteiger charge is 2.31. The van der Waals surface area contributed by atoms with Gasteiger partial charge in [-0.1, -0.05) is 18.2 Å². The van der Waals surface area contributed by atoms with E-state index in [2.05, 4.69) is 4.74 Å². The van der Waals surface area contributed by atoms with Crippen LogP contribution in [-0.4, -0.2) is 36.1 Å². The van der Waals surface area contributed by atoms with Gasteiger partial charge in [0.05, 0.1) is 23.4 Å². The number of methoxy groups -OCH3 is 1. The minimum atomic E-state index is -2.93. The molecule has 0 saturated carbocycles. The molecule has 1 atom stereocenters. The van der Waals surface area contributed by atoms with Crippen LogP contribution in [-0.2, 0) is 4.79 Å². The van der Waals surface area contributed by atoms with Crippen molar-refractivity contribution in [3.05, 3.63) is 59.1 Å². The predicted molar refractivity (Wildman–Crippen MR) is 112 cm³/mol. The van der Waals surface area contributed by atoms with Crippen LogP contribution in [0.5, 0.6) is 11.5 Å². The number of nitrogens with zero attached hydrogens (tertiary/aromatic N) is 2. The van der Waals surface area contributed by atoms with Crippen molar-refractivity contribution in [3.63, 3.8) is 0 Å². The molecule has 1 unspecified atom stereocenters. The van der Waals surface area contributed by atoms with E-state index in [1.54, 1.807) is 29.5 Å². The summed E-state index contributed by atoms with van der Waals surface area (Å²) in [6.07, 6.45) is 4.94. The molecule has 30 heavy (non-hydrogen) atoms. The Balaban J connectivity index is 1.50. The molecule has 156 valence electrons. The van der Waals surface area contributed by atoms with E-state index in [-0.39, 0.29) is 23.4 Å². The number of aromatic nitrogens is 1. The number of ether oxygens (including phenoxy) is 2. The van der Waals surface area contributed by atoms with Crippen molar-refractivity contribution in [2.45, 2.75) is 25.5 Å². The monoisotopic (exact) mass is 430 g/mol. The first-order valence-electron chi connectivity index (χ1n) is 9.52. The van der Waals surface area contributed by atoms with E-state index < -0.39 is 6.61 Å². The molecule has 2 aromatic carbocycles. The Kier molecular flexibility index (Phi) is 5.94. The molecule has 1 amide bonds. The molecule has 1 saturated heterocycles. The summed E-state index contributed by atoms with van der Waals surface area (Å²) in [5.41, 5.74) is 1.60. The molecule has 0 bridgehead atoms. The summed E-state index contributed by atoms with van der Waals surface area (Å²) in [6, 6.07) is 12.5. The van der Waals surface area contributed by atoms with Crippen molar-refractivity contribution in [1.29, 1.82) is 0 Å². The molecule has 1 fully saturated rings. The van der Waals surface area contributed by atoms with Gasteiger partial charge in [-0.25, -0.2) is 4.98 Å². The number of para-hydroxylation sites is 1. The molecule has 0 spiro atoms. The SMILES string of the molecule is COc1cc(/C=C/C(=O)N2CCCC2c2nc3ccccc3s2)ccc1OC(F)F. The van der Waals surface area contributed by atoms with Gasteiger partial charge in [-0.15, -0.1) is 11.3 Å². The number of likely N-dealkylation sites (tertiary alicyclic amines) is 1. The number of amides is 1. The minimum absolute atomic E-state index is 0.0316. The average Bonchev–Trinajstić information content (AvgIpc) is 3.39. The van der Waals surface area contributed by atoms with Gasteiger partial charge in [-0.3, -0.25) is 4.79 Å². The number of thiazole rings is 1. The summed E-state index contributed by atoms with van der Waals surface area (Å²) in [4.78, 5) is 19.4. The van der Waals surface area contributed by atoms with Gasteiger partial charge in [0.2, 0.25) is 5.91 Å². The lowest BCUT2D eigenvalue weighted by atomic mass is 10.1. The van der Waals surface area contributed by atoms with E-state index in [1.807, 2.05) is 29.2 Å². The maximum Gasteiger partial charge on any atom is 0.387 e. The fourth-order valence-corrected chi connectivity index (χ4v) is 4.68. The highest BCUT2D eigenvalue weighted by Crippen LogP contribution is 2.36. The first-order valence-corrected chi connectivity index (χ1v) is 10.3. The maximum absolute atomic E-state index is 12.8. The Labute approximate surface area is 176 Å². The number of hydrogen-bond acceptors (Lipinski definition) is 5. The number of halogens is 2. The van der Waals surface area contributed by atoms with Crippen LogP contribution in [0.1, 0.15) is 29.5 Å². The Morgan fingerprint density at radius 3 is 2.87 bits per heavy atom. The summed E-state index contributed by atoms with van der Waals surface area (Å²) in [7, 11) is 1.37. The van der Waals surface area contributed by atoms with Gasteiger partial charge in [-0.05, 0) is 48.7 Å². The van der Waals surface area contributed by atoms with Gasteiger partial charge in [-0.2, -0.15) is 8.78 Å². The van der Waals surface area contributed by atoms with Crippen molar-refractivity contribution in [3.8, 4) is 11.5 Å². The van der Waals surface area contributed by atoms with Gasteiger partial charge >= 0.3 is 6.61 Å². The molecule has 2 heterocycles. The maximum atomic E-state index is 12.8. The number of benzene rings is 2. The molecular formula is C22H20F2N2O3S. The third-order valence-corrected chi connectivity index (χ3v) is 6.09. The molecule has 1 aromatic heterocycles. The highest BCUT2D eigenvalue weighted by molar-refractivity contribution is 7.18. The molecule has 1 aliphatic heterocycles. The summed E-state index contributed by atoms with van der Waals surface area (Å²) in [6.45, 7) is -2.26. The van der Waals surface area contributed by atoms with Crippen molar-refractivity contribution in [1.82, 2.24) is 9.88 Å². The summed E-state index contributed by atoms with van der Waals surface area (Å²) in [5.74, 6) is 0.0217. The Morgan fingerprint density at radius 1 is 1.27 bits per heavy atom. The smallest absolute Gasteiger partial charge is 0.387 e.